The first-order valence-corrected chi connectivity index (χ1v) is 9.75. The molecule has 0 saturated carbocycles. The Bertz CT molecular complexity index is 1270. The molecule has 0 amide bonds. The molecule has 29 heavy (non-hydrogen) atoms. The van der Waals surface area contributed by atoms with Crippen LogP contribution in [-0.4, -0.2) is 19.3 Å². The Labute approximate surface area is 169 Å². The fourth-order valence-electron chi connectivity index (χ4n) is 3.67. The van der Waals surface area contributed by atoms with Crippen LogP contribution in [0.3, 0.4) is 0 Å². The predicted octanol–water partition coefficient (Wildman–Crippen LogP) is 4.13. The zero-order valence-corrected chi connectivity index (χ0v) is 17.2. The summed E-state index contributed by atoms with van der Waals surface area (Å²) in [7, 11) is 0. The van der Waals surface area contributed by atoms with Crippen LogP contribution in [0.1, 0.15) is 33.9 Å². The number of nitrogens with zero attached hydrogens (tertiary/aromatic N) is 3. The van der Waals surface area contributed by atoms with Crippen molar-refractivity contribution in [3.63, 3.8) is 0 Å². The van der Waals surface area contributed by atoms with Crippen molar-refractivity contribution in [2.75, 3.05) is 0 Å². The van der Waals surface area contributed by atoms with E-state index in [0.717, 1.165) is 27.9 Å². The van der Waals surface area contributed by atoms with E-state index in [1.807, 2.05) is 57.2 Å². The number of aliphatic hydroxyl groups is 1. The molecule has 5 heteroatoms. The maximum atomic E-state index is 13.0. The van der Waals surface area contributed by atoms with Crippen molar-refractivity contribution < 1.29 is 5.11 Å². The topological polar surface area (TPSA) is 59.5 Å². The predicted molar refractivity (Wildman–Crippen MR) is 115 cm³/mol. The number of hydrogen-bond acceptors (Lipinski definition) is 3. The second-order valence-corrected chi connectivity index (χ2v) is 7.79. The first kappa shape index (κ1) is 19.2. The maximum absolute atomic E-state index is 13.0. The number of aromatic nitrogens is 3. The molecule has 2 aromatic carbocycles. The van der Waals surface area contributed by atoms with E-state index >= 15 is 0 Å². The molecule has 0 saturated heterocycles. The molecule has 4 aromatic rings. The number of rotatable bonds is 4. The zero-order chi connectivity index (χ0) is 20.7. The number of fused-ring (bicyclic) bond motifs is 1. The summed E-state index contributed by atoms with van der Waals surface area (Å²) in [5, 5.41) is 15.2. The van der Waals surface area contributed by atoms with E-state index in [1.165, 1.54) is 11.1 Å². The van der Waals surface area contributed by atoms with Crippen LogP contribution in [0.2, 0.25) is 0 Å². The van der Waals surface area contributed by atoms with Crippen molar-refractivity contribution in [3.8, 4) is 11.3 Å². The number of aliphatic hydroxyl groups excluding tert-OH is 1. The molecule has 1 N–H and O–H groups in total. The Morgan fingerprint density at radius 1 is 0.931 bits per heavy atom. The average Bonchev–Trinajstić information content (AvgIpc) is 3.11. The molecular weight excluding hydrogens is 362 g/mol. The summed E-state index contributed by atoms with van der Waals surface area (Å²) in [5.74, 6) is 0. The third kappa shape index (κ3) is 3.61. The highest BCUT2D eigenvalue weighted by atomic mass is 16.3. The molecule has 0 spiro atoms. The molecule has 0 radical (unpaired) electrons. The molecule has 4 rings (SSSR count). The first-order valence-electron chi connectivity index (χ1n) is 9.75. The Balaban J connectivity index is 1.69. The van der Waals surface area contributed by atoms with E-state index in [2.05, 4.69) is 18.1 Å². The van der Waals surface area contributed by atoms with Crippen molar-refractivity contribution in [3.05, 3.63) is 93.0 Å². The summed E-state index contributed by atoms with van der Waals surface area (Å²) in [6.07, 6.45) is 2.69. The average molecular weight is 387 g/mol. The van der Waals surface area contributed by atoms with Crippen molar-refractivity contribution in [2.45, 2.75) is 40.3 Å². The summed E-state index contributed by atoms with van der Waals surface area (Å²) < 4.78 is 3.15. The third-order valence-corrected chi connectivity index (χ3v) is 5.55. The zero-order valence-electron chi connectivity index (χ0n) is 17.2. The molecule has 0 aliphatic rings. The lowest BCUT2D eigenvalue weighted by Gasteiger charge is -2.14. The molecule has 0 aliphatic heterocycles. The molecule has 2 heterocycles. The Kier molecular flexibility index (Phi) is 4.84. The van der Waals surface area contributed by atoms with Crippen LogP contribution in [0.5, 0.6) is 0 Å². The summed E-state index contributed by atoms with van der Waals surface area (Å²) in [6.45, 7) is 8.36. The quantitative estimate of drug-likeness (QED) is 0.573. The SMILES string of the molecule is Cc1ccc(-c2cc3c(=O)n(CC(O)c4ccc(C)c(C)c4)ccn3n2)c(C)c1. The van der Waals surface area contributed by atoms with E-state index in [4.69, 9.17) is 0 Å². The third-order valence-electron chi connectivity index (χ3n) is 5.55. The fraction of sp³-hybridized carbons (Fsp3) is 0.250. The van der Waals surface area contributed by atoms with Gasteiger partial charge in [-0.05, 0) is 56.0 Å². The highest BCUT2D eigenvalue weighted by molar-refractivity contribution is 5.68. The van der Waals surface area contributed by atoms with Gasteiger partial charge in [0.2, 0.25) is 0 Å². The summed E-state index contributed by atoms with van der Waals surface area (Å²) >= 11 is 0. The van der Waals surface area contributed by atoms with Crippen LogP contribution < -0.4 is 5.56 Å². The van der Waals surface area contributed by atoms with Crippen LogP contribution in [-0.2, 0) is 6.54 Å². The van der Waals surface area contributed by atoms with E-state index in [-0.39, 0.29) is 12.1 Å². The first-order chi connectivity index (χ1) is 13.8. The normalized spacial score (nSPS) is 12.4. The molecule has 0 bridgehead atoms. The standard InChI is InChI=1S/C24H25N3O2/c1-15-5-8-20(18(4)11-15)21-13-22-24(29)26(9-10-27(22)25-21)14-23(28)19-7-6-16(2)17(3)12-19/h5-13,23,28H,14H2,1-4H3. The van der Waals surface area contributed by atoms with Gasteiger partial charge in [0.25, 0.3) is 5.56 Å². The van der Waals surface area contributed by atoms with Gasteiger partial charge in [0.05, 0.1) is 18.3 Å². The summed E-state index contributed by atoms with van der Waals surface area (Å²) in [6, 6.07) is 13.9. The second kappa shape index (κ2) is 7.33. The minimum atomic E-state index is -0.754. The van der Waals surface area contributed by atoms with Crippen LogP contribution in [0.15, 0.2) is 59.7 Å². The van der Waals surface area contributed by atoms with Crippen LogP contribution in [0, 0.1) is 27.7 Å². The van der Waals surface area contributed by atoms with Gasteiger partial charge in [-0.3, -0.25) is 4.79 Å². The molecule has 0 aliphatic carbocycles. The fourth-order valence-corrected chi connectivity index (χ4v) is 3.67. The van der Waals surface area contributed by atoms with Gasteiger partial charge in [-0.25, -0.2) is 4.52 Å². The summed E-state index contributed by atoms with van der Waals surface area (Å²) in [4.78, 5) is 13.0. The maximum Gasteiger partial charge on any atom is 0.276 e. The highest BCUT2D eigenvalue weighted by Crippen LogP contribution is 2.24. The Hall–Kier alpha value is -3.18. The molecule has 2 aromatic heterocycles. The lowest BCUT2D eigenvalue weighted by molar-refractivity contribution is 0.155. The van der Waals surface area contributed by atoms with E-state index < -0.39 is 6.10 Å². The smallest absolute Gasteiger partial charge is 0.276 e. The minimum absolute atomic E-state index is 0.168. The van der Waals surface area contributed by atoms with Crippen LogP contribution >= 0.6 is 0 Å². The monoisotopic (exact) mass is 387 g/mol. The van der Waals surface area contributed by atoms with Crippen molar-refractivity contribution in [2.24, 2.45) is 0 Å². The Morgan fingerprint density at radius 3 is 2.45 bits per heavy atom. The molecule has 1 atom stereocenters. The van der Waals surface area contributed by atoms with Gasteiger partial charge in [-0.15, -0.1) is 0 Å². The number of benzene rings is 2. The van der Waals surface area contributed by atoms with Crippen LogP contribution in [0.4, 0.5) is 0 Å². The molecule has 5 nitrogen and oxygen atoms in total. The number of aryl methyl sites for hydroxylation is 4. The van der Waals surface area contributed by atoms with Gasteiger partial charge in [0.1, 0.15) is 5.52 Å². The summed E-state index contributed by atoms with van der Waals surface area (Å²) in [5.41, 5.74) is 7.54. The van der Waals surface area contributed by atoms with Gasteiger partial charge in [-0.1, -0.05) is 42.0 Å². The highest BCUT2D eigenvalue weighted by Gasteiger charge is 2.14. The van der Waals surface area contributed by atoms with Crippen molar-refractivity contribution in [1.29, 1.82) is 0 Å². The Morgan fingerprint density at radius 2 is 1.72 bits per heavy atom. The molecule has 1 unspecified atom stereocenters. The van der Waals surface area contributed by atoms with Gasteiger partial charge >= 0.3 is 0 Å². The van der Waals surface area contributed by atoms with Gasteiger partial charge in [-0.2, -0.15) is 5.10 Å². The minimum Gasteiger partial charge on any atom is -0.387 e. The molecular formula is C24H25N3O2. The van der Waals surface area contributed by atoms with E-state index in [9.17, 15) is 9.90 Å². The van der Waals surface area contributed by atoms with Gasteiger partial charge in [0, 0.05) is 18.0 Å². The molecule has 148 valence electrons. The molecule has 0 fully saturated rings. The van der Waals surface area contributed by atoms with Gasteiger partial charge in [0.15, 0.2) is 0 Å². The lowest BCUT2D eigenvalue weighted by Crippen LogP contribution is -2.24. The second-order valence-electron chi connectivity index (χ2n) is 7.79. The van der Waals surface area contributed by atoms with Crippen LogP contribution in [0.25, 0.3) is 16.8 Å². The van der Waals surface area contributed by atoms with Gasteiger partial charge < -0.3 is 9.67 Å². The van der Waals surface area contributed by atoms with Crippen molar-refractivity contribution >= 4 is 5.52 Å². The largest absolute Gasteiger partial charge is 0.387 e. The van der Waals surface area contributed by atoms with E-state index in [0.29, 0.717) is 5.52 Å². The number of hydrogen-bond donors (Lipinski definition) is 1. The van der Waals surface area contributed by atoms with Crippen molar-refractivity contribution in [1.82, 2.24) is 14.2 Å². The lowest BCUT2D eigenvalue weighted by atomic mass is 10.0. The van der Waals surface area contributed by atoms with E-state index in [1.54, 1.807) is 21.5 Å².